The van der Waals surface area contributed by atoms with Crippen LogP contribution in [0.4, 0.5) is 5.69 Å². The van der Waals surface area contributed by atoms with Crippen molar-refractivity contribution in [1.82, 2.24) is 10.2 Å². The SMILES string of the molecule is CO[C@@H]1CCN(C(=O)CNc2cc(C)ccc2C(=N)C(N)=O)[C@@H]1C(=O)NC[C@H]1CC1(Cl)Cl. The second-order valence-electron chi connectivity index (χ2n) is 8.14. The normalized spacial score (nSPS) is 23.5. The van der Waals surface area contributed by atoms with Crippen LogP contribution in [-0.2, 0) is 19.1 Å². The Balaban J connectivity index is 1.67. The minimum Gasteiger partial charge on any atom is -0.379 e. The van der Waals surface area contributed by atoms with Crippen molar-refractivity contribution in [3.05, 3.63) is 29.3 Å². The van der Waals surface area contributed by atoms with E-state index in [2.05, 4.69) is 10.6 Å². The average Bonchev–Trinajstić information content (AvgIpc) is 3.15. The first-order chi connectivity index (χ1) is 15.0. The number of carbonyl (C=O) groups excluding carboxylic acids is 3. The Bertz CT molecular complexity index is 939. The van der Waals surface area contributed by atoms with Gasteiger partial charge in [-0.3, -0.25) is 19.8 Å². The number of likely N-dealkylation sites (tertiary alicyclic amines) is 1. The van der Waals surface area contributed by atoms with Crippen molar-refractivity contribution in [2.24, 2.45) is 11.7 Å². The summed E-state index contributed by atoms with van der Waals surface area (Å²) in [5.74, 6) is -1.50. The van der Waals surface area contributed by atoms with Crippen LogP contribution in [0.2, 0.25) is 0 Å². The summed E-state index contributed by atoms with van der Waals surface area (Å²) in [4.78, 5) is 38.8. The summed E-state index contributed by atoms with van der Waals surface area (Å²) < 4.78 is 4.64. The van der Waals surface area contributed by atoms with Gasteiger partial charge in [0.15, 0.2) is 0 Å². The fourth-order valence-corrected chi connectivity index (χ4v) is 4.37. The smallest absolute Gasteiger partial charge is 0.267 e. The van der Waals surface area contributed by atoms with E-state index in [4.69, 9.17) is 39.1 Å². The van der Waals surface area contributed by atoms with Crippen LogP contribution in [0.5, 0.6) is 0 Å². The molecule has 0 spiro atoms. The third-order valence-electron chi connectivity index (χ3n) is 5.83. The van der Waals surface area contributed by atoms with Gasteiger partial charge in [0.2, 0.25) is 11.8 Å². The molecule has 0 bridgehead atoms. The lowest BCUT2D eigenvalue weighted by atomic mass is 10.0. The van der Waals surface area contributed by atoms with E-state index in [1.807, 2.05) is 6.92 Å². The van der Waals surface area contributed by atoms with Crippen LogP contribution < -0.4 is 16.4 Å². The monoisotopic (exact) mass is 483 g/mol. The molecule has 9 nitrogen and oxygen atoms in total. The van der Waals surface area contributed by atoms with Crippen molar-refractivity contribution in [2.75, 3.05) is 32.1 Å². The molecule has 3 rings (SSSR count). The van der Waals surface area contributed by atoms with Gasteiger partial charge in [-0.25, -0.2) is 0 Å². The minimum atomic E-state index is -0.865. The molecule has 0 unspecified atom stereocenters. The number of nitrogens with zero attached hydrogens (tertiary/aromatic N) is 1. The standard InChI is InChI=1S/C21H27Cl2N5O4/c1-11-3-4-13(17(24)19(25)30)14(7-11)26-10-16(29)28-6-5-15(32-2)18(28)20(31)27-9-12-8-21(12,22)23/h3-4,7,12,15,18,24,26H,5-6,8-10H2,1-2H3,(H2,25,30)(H,27,31)/t12-,15-,18+/m1/s1. The van der Waals surface area contributed by atoms with Gasteiger partial charge in [0.05, 0.1) is 12.6 Å². The van der Waals surface area contributed by atoms with Crippen LogP contribution in [0.1, 0.15) is 24.0 Å². The molecular formula is C21H27Cl2N5O4. The van der Waals surface area contributed by atoms with E-state index in [0.29, 0.717) is 37.2 Å². The van der Waals surface area contributed by atoms with E-state index in [0.717, 1.165) is 5.56 Å². The highest BCUT2D eigenvalue weighted by molar-refractivity contribution is 6.50. The zero-order valence-corrected chi connectivity index (χ0v) is 19.4. The molecule has 1 aliphatic carbocycles. The fraction of sp³-hybridized carbons (Fsp3) is 0.524. The quantitative estimate of drug-likeness (QED) is 0.308. The van der Waals surface area contributed by atoms with Crippen LogP contribution in [0.15, 0.2) is 18.2 Å². The first-order valence-corrected chi connectivity index (χ1v) is 11.0. The molecule has 5 N–H and O–H groups in total. The first kappa shape index (κ1) is 24.3. The Labute approximate surface area is 196 Å². The van der Waals surface area contributed by atoms with Gasteiger partial charge in [0, 0.05) is 37.4 Å². The molecule has 1 saturated heterocycles. The number of nitrogens with two attached hydrogens (primary N) is 1. The highest BCUT2D eigenvalue weighted by atomic mass is 35.5. The third-order valence-corrected chi connectivity index (χ3v) is 6.76. The number of hydrogen-bond donors (Lipinski definition) is 4. The van der Waals surface area contributed by atoms with Crippen LogP contribution in [0.25, 0.3) is 0 Å². The molecule has 1 saturated carbocycles. The first-order valence-electron chi connectivity index (χ1n) is 10.3. The Morgan fingerprint density at radius 3 is 2.62 bits per heavy atom. The van der Waals surface area contributed by atoms with Crippen molar-refractivity contribution >= 4 is 52.3 Å². The van der Waals surface area contributed by atoms with Gasteiger partial charge < -0.3 is 26.0 Å². The number of ether oxygens (including phenoxy) is 1. The Kier molecular flexibility index (Phi) is 7.32. The topological polar surface area (TPSA) is 138 Å². The largest absolute Gasteiger partial charge is 0.379 e. The van der Waals surface area contributed by atoms with Gasteiger partial charge in [-0.1, -0.05) is 12.1 Å². The molecule has 1 aliphatic heterocycles. The van der Waals surface area contributed by atoms with Gasteiger partial charge in [-0.05, 0) is 31.4 Å². The number of halogens is 2. The predicted octanol–water partition coefficient (Wildman–Crippen LogP) is 1.19. The molecule has 1 heterocycles. The number of aryl methyl sites for hydroxylation is 1. The van der Waals surface area contributed by atoms with Crippen LogP contribution >= 0.6 is 23.2 Å². The summed E-state index contributed by atoms with van der Waals surface area (Å²) in [6.07, 6.45) is 0.716. The van der Waals surface area contributed by atoms with Gasteiger partial charge in [-0.2, -0.15) is 0 Å². The number of amides is 3. The van der Waals surface area contributed by atoms with Crippen LogP contribution in [-0.4, -0.2) is 71.6 Å². The minimum absolute atomic E-state index is 0.0108. The molecule has 2 fully saturated rings. The molecule has 174 valence electrons. The van der Waals surface area contributed by atoms with Crippen LogP contribution in [0, 0.1) is 18.3 Å². The molecule has 0 aromatic heterocycles. The number of nitrogens with one attached hydrogen (secondary N) is 3. The summed E-state index contributed by atoms with van der Waals surface area (Å²) in [5.41, 5.74) is 6.52. The number of methoxy groups -OCH3 is 1. The average molecular weight is 484 g/mol. The summed E-state index contributed by atoms with van der Waals surface area (Å²) in [7, 11) is 1.51. The lowest BCUT2D eigenvalue weighted by molar-refractivity contribution is -0.139. The van der Waals surface area contributed by atoms with Gasteiger partial charge in [0.1, 0.15) is 16.1 Å². The van der Waals surface area contributed by atoms with E-state index in [1.54, 1.807) is 18.2 Å². The lowest BCUT2D eigenvalue weighted by Crippen LogP contribution is -2.52. The van der Waals surface area contributed by atoms with Crippen molar-refractivity contribution in [3.8, 4) is 0 Å². The number of rotatable bonds is 9. The van der Waals surface area contributed by atoms with E-state index in [9.17, 15) is 14.4 Å². The van der Waals surface area contributed by atoms with E-state index < -0.39 is 22.4 Å². The Hall–Kier alpha value is -2.36. The van der Waals surface area contributed by atoms with Gasteiger partial charge in [0.25, 0.3) is 5.91 Å². The predicted molar refractivity (Wildman–Crippen MR) is 122 cm³/mol. The van der Waals surface area contributed by atoms with Crippen molar-refractivity contribution in [2.45, 2.75) is 36.2 Å². The number of benzene rings is 1. The lowest BCUT2D eigenvalue weighted by Gasteiger charge is -2.27. The highest BCUT2D eigenvalue weighted by Crippen LogP contribution is 2.52. The third kappa shape index (κ3) is 5.33. The number of hydrogen-bond acceptors (Lipinski definition) is 6. The number of primary amides is 1. The molecule has 1 aromatic rings. The van der Waals surface area contributed by atoms with Crippen molar-refractivity contribution < 1.29 is 19.1 Å². The molecule has 3 amide bonds. The highest BCUT2D eigenvalue weighted by Gasteiger charge is 2.52. The van der Waals surface area contributed by atoms with E-state index in [-0.39, 0.29) is 30.0 Å². The van der Waals surface area contributed by atoms with E-state index >= 15 is 0 Å². The number of alkyl halides is 2. The molecular weight excluding hydrogens is 457 g/mol. The Morgan fingerprint density at radius 1 is 1.34 bits per heavy atom. The maximum Gasteiger partial charge on any atom is 0.267 e. The molecule has 2 aliphatic rings. The van der Waals surface area contributed by atoms with Gasteiger partial charge >= 0.3 is 0 Å². The maximum absolute atomic E-state index is 13.0. The molecule has 0 radical (unpaired) electrons. The summed E-state index contributed by atoms with van der Waals surface area (Å²) >= 11 is 12.0. The summed E-state index contributed by atoms with van der Waals surface area (Å²) in [6, 6.07) is 4.31. The van der Waals surface area contributed by atoms with Crippen LogP contribution in [0.3, 0.4) is 0 Å². The molecule has 11 heteroatoms. The molecule has 1 aromatic carbocycles. The maximum atomic E-state index is 13.0. The summed E-state index contributed by atoms with van der Waals surface area (Å²) in [5, 5.41) is 13.7. The van der Waals surface area contributed by atoms with E-state index in [1.165, 1.54) is 12.0 Å². The van der Waals surface area contributed by atoms with Crippen molar-refractivity contribution in [1.29, 1.82) is 5.41 Å². The number of anilines is 1. The fourth-order valence-electron chi connectivity index (χ4n) is 3.85. The Morgan fingerprint density at radius 2 is 2.03 bits per heavy atom. The zero-order chi connectivity index (χ0) is 23.6. The molecule has 32 heavy (non-hydrogen) atoms. The second-order valence-corrected chi connectivity index (χ2v) is 9.69. The summed E-state index contributed by atoms with van der Waals surface area (Å²) in [6.45, 7) is 2.43. The van der Waals surface area contributed by atoms with Crippen molar-refractivity contribution in [3.63, 3.8) is 0 Å². The number of carbonyl (C=O) groups is 3. The second kappa shape index (κ2) is 9.64. The zero-order valence-electron chi connectivity index (χ0n) is 17.9. The molecule has 3 atom stereocenters. The van der Waals surface area contributed by atoms with Gasteiger partial charge in [-0.15, -0.1) is 23.2 Å².